The fourth-order valence-electron chi connectivity index (χ4n) is 3.51. The molecule has 0 amide bonds. The van der Waals surface area contributed by atoms with Gasteiger partial charge in [-0.15, -0.1) is 0 Å². The second kappa shape index (κ2) is 10.0. The molecule has 1 atom stereocenters. The van der Waals surface area contributed by atoms with Crippen LogP contribution in [0.15, 0.2) is 91.0 Å². The van der Waals surface area contributed by atoms with Gasteiger partial charge in [-0.1, -0.05) is 54.6 Å². The zero-order chi connectivity index (χ0) is 17.5. The molecule has 3 rings (SSSR count). The van der Waals surface area contributed by atoms with Crippen LogP contribution in [-0.2, 0) is 0 Å². The van der Waals surface area contributed by atoms with Gasteiger partial charge in [0.2, 0.25) is 0 Å². The molecule has 0 aliphatic carbocycles. The van der Waals surface area contributed by atoms with E-state index in [-0.39, 0.29) is 23.1 Å². The summed E-state index contributed by atoms with van der Waals surface area (Å²) in [4.78, 5) is 0. The molecule has 0 saturated carbocycles. The maximum absolute atomic E-state index is 9.77. The molecule has 26 heavy (non-hydrogen) atoms. The van der Waals surface area contributed by atoms with E-state index in [1.54, 1.807) is 0 Å². The van der Waals surface area contributed by atoms with Gasteiger partial charge >= 0.3 is 0 Å². The van der Waals surface area contributed by atoms with Crippen molar-refractivity contribution < 1.29 is 22.1 Å². The Kier molecular flexibility index (Phi) is 8.03. The second-order valence-electron chi connectivity index (χ2n) is 6.53. The number of rotatable bonds is 7. The Balaban J connectivity index is 0.00000243. The lowest BCUT2D eigenvalue weighted by Crippen LogP contribution is -3.00. The van der Waals surface area contributed by atoms with Gasteiger partial charge in [-0.2, -0.15) is 0 Å². The van der Waals surface area contributed by atoms with Crippen LogP contribution in [0.5, 0.6) is 0 Å². The molecule has 1 unspecified atom stereocenters. The Morgan fingerprint density at radius 2 is 1.04 bits per heavy atom. The standard InChI is InChI=1S/C23H26OP.BrH/c1-20(24)12-11-19-25(21-13-5-2-6-14-21,22-15-7-3-8-16-22)23-17-9-4-10-18-23;/h2-10,13-18,20,24H,11-12,19H2,1H3;1H/q+1;/p-1. The fourth-order valence-corrected chi connectivity index (χ4v) is 7.88. The van der Waals surface area contributed by atoms with Crippen molar-refractivity contribution in [3.63, 3.8) is 0 Å². The van der Waals surface area contributed by atoms with Crippen LogP contribution in [0.1, 0.15) is 19.8 Å². The summed E-state index contributed by atoms with van der Waals surface area (Å²) in [5.74, 6) is 0. The maximum atomic E-state index is 9.77. The molecular formula is C23H26BrOP. The summed E-state index contributed by atoms with van der Waals surface area (Å²) in [6, 6.07) is 32.8. The number of hydrogen-bond acceptors (Lipinski definition) is 1. The van der Waals surface area contributed by atoms with Gasteiger partial charge < -0.3 is 22.1 Å². The van der Waals surface area contributed by atoms with E-state index in [9.17, 15) is 5.11 Å². The Hall–Kier alpha value is -1.47. The molecule has 0 spiro atoms. The minimum atomic E-state index is -1.72. The first kappa shape index (κ1) is 20.8. The van der Waals surface area contributed by atoms with E-state index in [1.165, 1.54) is 15.9 Å². The summed E-state index contributed by atoms with van der Waals surface area (Å²) in [5.41, 5.74) is 0. The minimum absolute atomic E-state index is 0. The summed E-state index contributed by atoms with van der Waals surface area (Å²) in [5, 5.41) is 14.0. The average molecular weight is 429 g/mol. The van der Waals surface area contributed by atoms with Gasteiger partial charge in [0.05, 0.1) is 12.3 Å². The molecule has 3 aromatic carbocycles. The molecule has 0 bridgehead atoms. The smallest absolute Gasteiger partial charge is 0.112 e. The van der Waals surface area contributed by atoms with Crippen LogP contribution in [-0.4, -0.2) is 17.4 Å². The van der Waals surface area contributed by atoms with Crippen molar-refractivity contribution in [2.75, 3.05) is 6.16 Å². The third-order valence-electron chi connectivity index (χ3n) is 4.71. The van der Waals surface area contributed by atoms with E-state index in [1.807, 2.05) is 6.92 Å². The number of aliphatic hydroxyl groups is 1. The molecular weight excluding hydrogens is 403 g/mol. The average Bonchev–Trinajstić information content (AvgIpc) is 2.67. The van der Waals surface area contributed by atoms with Crippen molar-refractivity contribution in [3.8, 4) is 0 Å². The van der Waals surface area contributed by atoms with Crippen molar-refractivity contribution in [1.29, 1.82) is 0 Å². The number of halogens is 1. The van der Waals surface area contributed by atoms with E-state index >= 15 is 0 Å². The molecule has 1 N–H and O–H groups in total. The van der Waals surface area contributed by atoms with Crippen LogP contribution >= 0.6 is 7.26 Å². The second-order valence-corrected chi connectivity index (χ2v) is 10.1. The molecule has 3 heteroatoms. The lowest BCUT2D eigenvalue weighted by molar-refractivity contribution is -0.00000737. The minimum Gasteiger partial charge on any atom is -1.00 e. The molecule has 0 aliphatic rings. The zero-order valence-corrected chi connectivity index (χ0v) is 17.6. The van der Waals surface area contributed by atoms with Gasteiger partial charge in [-0.05, 0) is 56.2 Å². The highest BCUT2D eigenvalue weighted by atomic mass is 79.9. The van der Waals surface area contributed by atoms with Crippen LogP contribution in [0.25, 0.3) is 0 Å². The highest BCUT2D eigenvalue weighted by molar-refractivity contribution is 7.95. The third kappa shape index (κ3) is 4.62. The highest BCUT2D eigenvalue weighted by Crippen LogP contribution is 2.55. The maximum Gasteiger partial charge on any atom is 0.112 e. The van der Waals surface area contributed by atoms with Gasteiger partial charge in [-0.3, -0.25) is 0 Å². The summed E-state index contributed by atoms with van der Waals surface area (Å²) in [7, 11) is -1.72. The van der Waals surface area contributed by atoms with Crippen molar-refractivity contribution >= 4 is 23.2 Å². The van der Waals surface area contributed by atoms with Gasteiger partial charge in [0.1, 0.15) is 23.2 Å². The third-order valence-corrected chi connectivity index (χ3v) is 9.23. The zero-order valence-electron chi connectivity index (χ0n) is 15.1. The number of benzene rings is 3. The van der Waals surface area contributed by atoms with Gasteiger partial charge in [-0.25, -0.2) is 0 Å². The fraction of sp³-hybridized carbons (Fsp3) is 0.217. The quantitative estimate of drug-likeness (QED) is 0.559. The molecule has 136 valence electrons. The first-order valence-corrected chi connectivity index (χ1v) is 10.9. The molecule has 0 aromatic heterocycles. The van der Waals surface area contributed by atoms with Crippen molar-refractivity contribution in [1.82, 2.24) is 0 Å². The number of hydrogen-bond donors (Lipinski definition) is 1. The van der Waals surface area contributed by atoms with E-state index in [4.69, 9.17) is 0 Å². The van der Waals surface area contributed by atoms with Crippen LogP contribution in [0.2, 0.25) is 0 Å². The van der Waals surface area contributed by atoms with Gasteiger partial charge in [0.25, 0.3) is 0 Å². The topological polar surface area (TPSA) is 20.2 Å². The van der Waals surface area contributed by atoms with Crippen molar-refractivity contribution in [2.45, 2.75) is 25.9 Å². The molecule has 0 saturated heterocycles. The molecule has 0 fully saturated rings. The summed E-state index contributed by atoms with van der Waals surface area (Å²) in [6.45, 7) is 1.88. The predicted octanol–water partition coefficient (Wildman–Crippen LogP) is 1.15. The molecule has 3 aromatic rings. The van der Waals surface area contributed by atoms with E-state index in [2.05, 4.69) is 91.0 Å². The van der Waals surface area contributed by atoms with Gasteiger partial charge in [0.15, 0.2) is 0 Å². The molecule has 1 nitrogen and oxygen atoms in total. The van der Waals surface area contributed by atoms with Crippen LogP contribution < -0.4 is 32.9 Å². The Morgan fingerprint density at radius 3 is 1.35 bits per heavy atom. The summed E-state index contributed by atoms with van der Waals surface area (Å²) in [6.07, 6.45) is 2.69. The Labute approximate surface area is 168 Å². The van der Waals surface area contributed by atoms with Crippen molar-refractivity contribution in [3.05, 3.63) is 91.0 Å². The monoisotopic (exact) mass is 428 g/mol. The molecule has 0 heterocycles. The first-order chi connectivity index (χ1) is 12.2. The molecule has 0 aliphatic heterocycles. The summed E-state index contributed by atoms with van der Waals surface area (Å²) >= 11 is 0. The van der Waals surface area contributed by atoms with Crippen LogP contribution in [0.3, 0.4) is 0 Å². The Morgan fingerprint density at radius 1 is 0.692 bits per heavy atom. The van der Waals surface area contributed by atoms with E-state index in [0.717, 1.165) is 19.0 Å². The normalized spacial score (nSPS) is 12.2. The lowest BCUT2D eigenvalue weighted by Gasteiger charge is -2.28. The highest BCUT2D eigenvalue weighted by Gasteiger charge is 2.44. The Bertz CT molecular complexity index is 663. The van der Waals surface area contributed by atoms with Crippen LogP contribution in [0.4, 0.5) is 0 Å². The lowest BCUT2D eigenvalue weighted by atomic mass is 10.2. The predicted molar refractivity (Wildman–Crippen MR) is 111 cm³/mol. The first-order valence-electron chi connectivity index (χ1n) is 8.96. The largest absolute Gasteiger partial charge is 1.00 e. The molecule has 0 radical (unpaired) electrons. The van der Waals surface area contributed by atoms with Gasteiger partial charge in [0, 0.05) is 0 Å². The van der Waals surface area contributed by atoms with Crippen molar-refractivity contribution in [2.24, 2.45) is 0 Å². The SMILES string of the molecule is CC(O)CCC[P+](c1ccccc1)(c1ccccc1)c1ccccc1.[Br-]. The summed E-state index contributed by atoms with van der Waals surface area (Å²) < 4.78 is 0. The van der Waals surface area contributed by atoms with E-state index < -0.39 is 7.26 Å². The number of aliphatic hydroxyl groups excluding tert-OH is 1. The van der Waals surface area contributed by atoms with Crippen LogP contribution in [0, 0.1) is 0 Å². The van der Waals surface area contributed by atoms with E-state index in [0.29, 0.717) is 0 Å².